The van der Waals surface area contributed by atoms with Crippen LogP contribution >= 0.6 is 0 Å². The molecule has 0 N–H and O–H groups in total. The van der Waals surface area contributed by atoms with Crippen LogP contribution in [0.2, 0.25) is 0 Å². The second kappa shape index (κ2) is 10.8. The van der Waals surface area contributed by atoms with Crippen molar-refractivity contribution in [2.24, 2.45) is 0 Å². The molecule has 0 aromatic heterocycles. The summed E-state index contributed by atoms with van der Waals surface area (Å²) in [4.78, 5) is 22.6. The van der Waals surface area contributed by atoms with Crippen LogP contribution in [0.3, 0.4) is 0 Å². The standard InChI is InChI=1S/C14H24O4/c1-4-7-10-18-13(15)9-8-12(5-2)11-14(16)17-6-3/h11H,4-10H2,1-3H3/b12-11+. The van der Waals surface area contributed by atoms with Gasteiger partial charge in [0, 0.05) is 12.5 Å². The highest BCUT2D eigenvalue weighted by molar-refractivity contribution is 5.83. The molecule has 0 saturated heterocycles. The lowest BCUT2D eigenvalue weighted by atomic mass is 10.1. The zero-order chi connectivity index (χ0) is 13.8. The van der Waals surface area contributed by atoms with Crippen molar-refractivity contribution >= 4 is 11.9 Å². The van der Waals surface area contributed by atoms with Gasteiger partial charge in [0.25, 0.3) is 0 Å². The Kier molecular flexibility index (Phi) is 10.0. The van der Waals surface area contributed by atoms with Crippen LogP contribution in [0.4, 0.5) is 0 Å². The SMILES string of the molecule is CCCCOC(=O)CC/C(=C/C(=O)OCC)CC. The number of hydrogen-bond acceptors (Lipinski definition) is 4. The number of allylic oxidation sites excluding steroid dienone is 1. The van der Waals surface area contributed by atoms with Crippen LogP contribution in [0.1, 0.15) is 52.9 Å². The number of rotatable bonds is 9. The van der Waals surface area contributed by atoms with Gasteiger partial charge in [-0.2, -0.15) is 0 Å². The van der Waals surface area contributed by atoms with E-state index in [4.69, 9.17) is 9.47 Å². The maximum atomic E-state index is 11.4. The molecule has 4 nitrogen and oxygen atoms in total. The van der Waals surface area contributed by atoms with E-state index in [9.17, 15) is 9.59 Å². The van der Waals surface area contributed by atoms with Crippen LogP contribution in [0, 0.1) is 0 Å². The average Bonchev–Trinajstić information content (AvgIpc) is 2.35. The smallest absolute Gasteiger partial charge is 0.330 e. The lowest BCUT2D eigenvalue weighted by Gasteiger charge is -2.06. The van der Waals surface area contributed by atoms with Gasteiger partial charge in [0.05, 0.1) is 13.2 Å². The maximum Gasteiger partial charge on any atom is 0.330 e. The van der Waals surface area contributed by atoms with Crippen molar-refractivity contribution in [1.82, 2.24) is 0 Å². The molecule has 0 spiro atoms. The fourth-order valence-corrected chi connectivity index (χ4v) is 1.37. The van der Waals surface area contributed by atoms with Crippen LogP contribution in [-0.4, -0.2) is 25.2 Å². The normalized spacial score (nSPS) is 11.2. The van der Waals surface area contributed by atoms with Gasteiger partial charge in [0.2, 0.25) is 0 Å². The predicted molar refractivity (Wildman–Crippen MR) is 70.1 cm³/mol. The fraction of sp³-hybridized carbons (Fsp3) is 0.714. The molecule has 0 radical (unpaired) electrons. The summed E-state index contributed by atoms with van der Waals surface area (Å²) in [5.41, 5.74) is 0.917. The Morgan fingerprint density at radius 1 is 1.06 bits per heavy atom. The largest absolute Gasteiger partial charge is 0.466 e. The summed E-state index contributed by atoms with van der Waals surface area (Å²) in [5.74, 6) is -0.541. The highest BCUT2D eigenvalue weighted by Gasteiger charge is 2.06. The maximum absolute atomic E-state index is 11.4. The van der Waals surface area contributed by atoms with Crippen molar-refractivity contribution < 1.29 is 19.1 Å². The van der Waals surface area contributed by atoms with Crippen molar-refractivity contribution in [2.75, 3.05) is 13.2 Å². The minimum Gasteiger partial charge on any atom is -0.466 e. The highest BCUT2D eigenvalue weighted by atomic mass is 16.5. The number of hydrogen-bond donors (Lipinski definition) is 0. The van der Waals surface area contributed by atoms with E-state index in [-0.39, 0.29) is 11.9 Å². The van der Waals surface area contributed by atoms with Crippen molar-refractivity contribution in [2.45, 2.75) is 52.9 Å². The van der Waals surface area contributed by atoms with Gasteiger partial charge >= 0.3 is 11.9 Å². The first-order chi connectivity index (χ1) is 8.63. The lowest BCUT2D eigenvalue weighted by Crippen LogP contribution is -2.07. The summed E-state index contributed by atoms with van der Waals surface area (Å²) < 4.78 is 9.88. The second-order valence-electron chi connectivity index (χ2n) is 3.98. The first-order valence-electron chi connectivity index (χ1n) is 6.65. The summed E-state index contributed by atoms with van der Waals surface area (Å²) in [5, 5.41) is 0. The number of carbonyl (C=O) groups is 2. The molecule has 104 valence electrons. The molecule has 0 aromatic carbocycles. The third-order valence-corrected chi connectivity index (χ3v) is 2.47. The molecule has 0 amide bonds. The quantitative estimate of drug-likeness (QED) is 0.361. The van der Waals surface area contributed by atoms with E-state index in [2.05, 4.69) is 0 Å². The van der Waals surface area contributed by atoms with Gasteiger partial charge in [-0.3, -0.25) is 4.79 Å². The first-order valence-corrected chi connectivity index (χ1v) is 6.65. The van der Waals surface area contributed by atoms with E-state index in [0.717, 1.165) is 24.8 Å². The van der Waals surface area contributed by atoms with Gasteiger partial charge < -0.3 is 9.47 Å². The van der Waals surface area contributed by atoms with Gasteiger partial charge in [0.1, 0.15) is 0 Å². The Labute approximate surface area is 109 Å². The zero-order valence-electron chi connectivity index (χ0n) is 11.7. The summed E-state index contributed by atoms with van der Waals surface area (Å²) in [7, 11) is 0. The second-order valence-corrected chi connectivity index (χ2v) is 3.98. The Bertz CT molecular complexity index is 282. The highest BCUT2D eigenvalue weighted by Crippen LogP contribution is 2.10. The van der Waals surface area contributed by atoms with E-state index in [0.29, 0.717) is 26.1 Å². The molecule has 0 bridgehead atoms. The fourth-order valence-electron chi connectivity index (χ4n) is 1.37. The number of esters is 2. The molecule has 0 rings (SSSR count). The van der Waals surface area contributed by atoms with Gasteiger partial charge in [0.15, 0.2) is 0 Å². The third-order valence-electron chi connectivity index (χ3n) is 2.47. The summed E-state index contributed by atoms with van der Waals surface area (Å²) in [6.07, 6.45) is 4.99. The van der Waals surface area contributed by atoms with Crippen molar-refractivity contribution in [3.05, 3.63) is 11.6 Å². The molecule has 0 aliphatic rings. The van der Waals surface area contributed by atoms with Crippen LogP contribution < -0.4 is 0 Å². The Balaban J connectivity index is 3.99. The van der Waals surface area contributed by atoms with Crippen LogP contribution in [0.25, 0.3) is 0 Å². The van der Waals surface area contributed by atoms with Crippen molar-refractivity contribution in [1.29, 1.82) is 0 Å². The van der Waals surface area contributed by atoms with Crippen LogP contribution in [-0.2, 0) is 19.1 Å². The third kappa shape index (κ3) is 8.79. The summed E-state index contributed by atoms with van der Waals surface area (Å²) >= 11 is 0. The number of unbranched alkanes of at least 4 members (excludes halogenated alkanes) is 1. The van der Waals surface area contributed by atoms with Gasteiger partial charge in [-0.25, -0.2) is 4.79 Å². The van der Waals surface area contributed by atoms with Gasteiger partial charge in [-0.15, -0.1) is 0 Å². The Morgan fingerprint density at radius 2 is 1.78 bits per heavy atom. The number of ether oxygens (including phenoxy) is 2. The Morgan fingerprint density at radius 3 is 2.33 bits per heavy atom. The molecular weight excluding hydrogens is 232 g/mol. The molecular formula is C14H24O4. The summed E-state index contributed by atoms with van der Waals surface area (Å²) in [6.45, 7) is 6.62. The molecule has 18 heavy (non-hydrogen) atoms. The van der Waals surface area contributed by atoms with E-state index in [1.807, 2.05) is 13.8 Å². The van der Waals surface area contributed by atoms with E-state index in [1.165, 1.54) is 6.08 Å². The molecule has 4 heteroatoms. The zero-order valence-corrected chi connectivity index (χ0v) is 11.7. The topological polar surface area (TPSA) is 52.6 Å². The van der Waals surface area contributed by atoms with Gasteiger partial charge in [-0.1, -0.05) is 25.8 Å². The molecule has 0 unspecified atom stereocenters. The summed E-state index contributed by atoms with van der Waals surface area (Å²) in [6, 6.07) is 0. The lowest BCUT2D eigenvalue weighted by molar-refractivity contribution is -0.144. The van der Waals surface area contributed by atoms with Crippen molar-refractivity contribution in [3.63, 3.8) is 0 Å². The molecule has 0 aliphatic carbocycles. The van der Waals surface area contributed by atoms with E-state index < -0.39 is 0 Å². The van der Waals surface area contributed by atoms with E-state index >= 15 is 0 Å². The monoisotopic (exact) mass is 256 g/mol. The predicted octanol–water partition coefficient (Wildman–Crippen LogP) is 3.01. The average molecular weight is 256 g/mol. The first kappa shape index (κ1) is 16.7. The van der Waals surface area contributed by atoms with E-state index in [1.54, 1.807) is 6.92 Å². The molecule has 0 heterocycles. The number of carbonyl (C=O) groups excluding carboxylic acids is 2. The molecule has 0 aliphatic heterocycles. The molecule has 0 saturated carbocycles. The van der Waals surface area contributed by atoms with Crippen molar-refractivity contribution in [3.8, 4) is 0 Å². The minimum atomic E-state index is -0.339. The van der Waals surface area contributed by atoms with Crippen LogP contribution in [0.5, 0.6) is 0 Å². The Hall–Kier alpha value is -1.32. The molecule has 0 fully saturated rings. The van der Waals surface area contributed by atoms with Crippen LogP contribution in [0.15, 0.2) is 11.6 Å². The van der Waals surface area contributed by atoms with Gasteiger partial charge in [-0.05, 0) is 26.2 Å². The minimum absolute atomic E-state index is 0.202. The molecule has 0 atom stereocenters. The molecule has 0 aromatic rings.